The molecule has 2 unspecified atom stereocenters. The van der Waals surface area contributed by atoms with Gasteiger partial charge in [0.05, 0.1) is 11.1 Å². The Balaban J connectivity index is 3.19. The molecule has 0 bridgehead atoms. The SMILES string of the molecule is CC(CCN)(N[S+]([O-])C(C)(C)C)c1cccc(C(F)(F)F)c1. The van der Waals surface area contributed by atoms with E-state index < -0.39 is 33.4 Å². The lowest BCUT2D eigenvalue weighted by molar-refractivity contribution is -0.137. The van der Waals surface area contributed by atoms with Crippen LogP contribution in [0.15, 0.2) is 24.3 Å². The molecule has 0 heterocycles. The summed E-state index contributed by atoms with van der Waals surface area (Å²) in [6.45, 7) is 7.38. The molecule has 0 aliphatic heterocycles. The molecule has 2 atom stereocenters. The summed E-state index contributed by atoms with van der Waals surface area (Å²) in [6.07, 6.45) is -4.04. The largest absolute Gasteiger partial charge is 0.598 e. The quantitative estimate of drug-likeness (QED) is 0.811. The van der Waals surface area contributed by atoms with Gasteiger partial charge in [0, 0.05) is 11.4 Å². The van der Waals surface area contributed by atoms with Crippen LogP contribution in [0.4, 0.5) is 13.2 Å². The molecule has 3 nitrogen and oxygen atoms in total. The molecule has 0 spiro atoms. The summed E-state index contributed by atoms with van der Waals surface area (Å²) in [5.41, 5.74) is 4.40. The fraction of sp³-hybridized carbons (Fsp3) is 0.600. The predicted octanol–water partition coefficient (Wildman–Crippen LogP) is 3.32. The number of halogens is 3. The highest BCUT2D eigenvalue weighted by atomic mass is 32.2. The highest BCUT2D eigenvalue weighted by Gasteiger charge is 2.38. The van der Waals surface area contributed by atoms with Gasteiger partial charge in [-0.05, 0) is 58.4 Å². The van der Waals surface area contributed by atoms with Crippen molar-refractivity contribution in [2.24, 2.45) is 5.73 Å². The van der Waals surface area contributed by atoms with E-state index in [1.54, 1.807) is 33.8 Å². The molecule has 0 saturated carbocycles. The monoisotopic (exact) mass is 336 g/mol. The van der Waals surface area contributed by atoms with Crippen LogP contribution in [0.25, 0.3) is 0 Å². The molecular formula is C15H23F3N2OS. The van der Waals surface area contributed by atoms with Gasteiger partial charge in [-0.15, -0.1) is 4.72 Å². The second kappa shape index (κ2) is 6.78. The Morgan fingerprint density at radius 3 is 2.14 bits per heavy atom. The van der Waals surface area contributed by atoms with Crippen LogP contribution in [0.5, 0.6) is 0 Å². The van der Waals surface area contributed by atoms with Crippen LogP contribution in [-0.2, 0) is 23.1 Å². The summed E-state index contributed by atoms with van der Waals surface area (Å²) >= 11 is -1.42. The van der Waals surface area contributed by atoms with Crippen LogP contribution in [0.2, 0.25) is 0 Å². The summed E-state index contributed by atoms with van der Waals surface area (Å²) in [7, 11) is 0. The van der Waals surface area contributed by atoms with Gasteiger partial charge in [0.15, 0.2) is 0 Å². The second-order valence-corrected chi connectivity index (χ2v) is 8.40. The van der Waals surface area contributed by atoms with Gasteiger partial charge in [-0.1, -0.05) is 12.1 Å². The predicted molar refractivity (Wildman–Crippen MR) is 83.5 cm³/mol. The van der Waals surface area contributed by atoms with E-state index >= 15 is 0 Å². The van der Waals surface area contributed by atoms with E-state index in [2.05, 4.69) is 4.72 Å². The smallest absolute Gasteiger partial charge is 0.416 e. The normalized spacial score (nSPS) is 17.1. The topological polar surface area (TPSA) is 61.1 Å². The minimum Gasteiger partial charge on any atom is -0.598 e. The Morgan fingerprint density at radius 1 is 1.14 bits per heavy atom. The first-order chi connectivity index (χ1) is 9.90. The molecule has 0 amide bonds. The Bertz CT molecular complexity index is 502. The lowest BCUT2D eigenvalue weighted by Gasteiger charge is -2.35. The molecule has 1 rings (SSSR count). The average molecular weight is 336 g/mol. The van der Waals surface area contributed by atoms with Crippen molar-refractivity contribution < 1.29 is 17.7 Å². The third-order valence-corrected chi connectivity index (χ3v) is 5.09. The maximum atomic E-state index is 12.9. The minimum absolute atomic E-state index is 0.265. The van der Waals surface area contributed by atoms with E-state index in [0.29, 0.717) is 12.0 Å². The zero-order valence-electron chi connectivity index (χ0n) is 13.3. The number of alkyl halides is 3. The van der Waals surface area contributed by atoms with Gasteiger partial charge in [0.25, 0.3) is 0 Å². The van der Waals surface area contributed by atoms with Gasteiger partial charge in [-0.25, -0.2) is 0 Å². The second-order valence-electron chi connectivity index (χ2n) is 6.43. The summed E-state index contributed by atoms with van der Waals surface area (Å²) < 4.78 is 53.4. The van der Waals surface area contributed by atoms with Gasteiger partial charge in [-0.2, -0.15) is 13.2 Å². The number of nitrogens with two attached hydrogens (primary N) is 1. The van der Waals surface area contributed by atoms with E-state index in [1.807, 2.05) is 0 Å². The molecule has 22 heavy (non-hydrogen) atoms. The number of nitrogens with one attached hydrogen (secondary N) is 1. The van der Waals surface area contributed by atoms with Crippen molar-refractivity contribution in [3.63, 3.8) is 0 Å². The van der Waals surface area contributed by atoms with Crippen LogP contribution < -0.4 is 10.5 Å². The Hall–Kier alpha value is -0.760. The first kappa shape index (κ1) is 19.3. The first-order valence-corrected chi connectivity index (χ1v) is 8.12. The average Bonchev–Trinajstić information content (AvgIpc) is 2.37. The van der Waals surface area contributed by atoms with Crippen LogP contribution in [-0.4, -0.2) is 15.8 Å². The molecule has 126 valence electrons. The van der Waals surface area contributed by atoms with Crippen molar-refractivity contribution >= 4 is 11.4 Å². The van der Waals surface area contributed by atoms with Gasteiger partial charge >= 0.3 is 6.18 Å². The van der Waals surface area contributed by atoms with E-state index in [1.165, 1.54) is 6.07 Å². The molecule has 0 aromatic heterocycles. The van der Waals surface area contributed by atoms with E-state index in [9.17, 15) is 17.7 Å². The van der Waals surface area contributed by atoms with Gasteiger partial charge in [-0.3, -0.25) is 0 Å². The lowest BCUT2D eigenvalue weighted by atomic mass is 9.88. The number of benzene rings is 1. The molecule has 0 aliphatic rings. The molecule has 7 heteroatoms. The van der Waals surface area contributed by atoms with E-state index in [0.717, 1.165) is 12.1 Å². The van der Waals surface area contributed by atoms with Crippen molar-refractivity contribution in [2.75, 3.05) is 6.54 Å². The van der Waals surface area contributed by atoms with Crippen molar-refractivity contribution in [1.29, 1.82) is 0 Å². The Labute approximate surface area is 132 Å². The zero-order chi connectivity index (χ0) is 17.2. The van der Waals surface area contributed by atoms with Crippen molar-refractivity contribution in [3.05, 3.63) is 35.4 Å². The third-order valence-electron chi connectivity index (χ3n) is 3.35. The van der Waals surface area contributed by atoms with Gasteiger partial charge < -0.3 is 10.3 Å². The van der Waals surface area contributed by atoms with Crippen LogP contribution in [0.1, 0.15) is 45.2 Å². The van der Waals surface area contributed by atoms with Gasteiger partial charge in [0.2, 0.25) is 0 Å². The van der Waals surface area contributed by atoms with Crippen LogP contribution in [0.3, 0.4) is 0 Å². The Kier molecular flexibility index (Phi) is 5.94. The highest BCUT2D eigenvalue weighted by Crippen LogP contribution is 2.34. The first-order valence-electron chi connectivity index (χ1n) is 6.98. The van der Waals surface area contributed by atoms with Crippen LogP contribution in [0, 0.1) is 0 Å². The number of rotatable bonds is 5. The highest BCUT2D eigenvalue weighted by molar-refractivity contribution is 7.90. The fourth-order valence-corrected chi connectivity index (χ4v) is 2.87. The summed E-state index contributed by atoms with van der Waals surface area (Å²) in [5, 5.41) is 0. The number of hydrogen-bond acceptors (Lipinski definition) is 3. The van der Waals surface area contributed by atoms with E-state index in [4.69, 9.17) is 5.73 Å². The Morgan fingerprint density at radius 2 is 1.68 bits per heavy atom. The maximum absolute atomic E-state index is 12.9. The number of hydrogen-bond donors (Lipinski definition) is 2. The molecular weight excluding hydrogens is 313 g/mol. The van der Waals surface area contributed by atoms with Crippen LogP contribution >= 0.6 is 0 Å². The molecule has 3 N–H and O–H groups in total. The fourth-order valence-electron chi connectivity index (χ4n) is 1.94. The maximum Gasteiger partial charge on any atom is 0.416 e. The summed E-state index contributed by atoms with van der Waals surface area (Å²) in [6, 6.07) is 5.06. The van der Waals surface area contributed by atoms with Crippen molar-refractivity contribution in [3.8, 4) is 0 Å². The molecule has 0 aliphatic carbocycles. The molecule has 1 aromatic rings. The third kappa shape index (κ3) is 4.87. The van der Waals surface area contributed by atoms with Crippen molar-refractivity contribution in [2.45, 2.75) is 50.6 Å². The molecule has 0 saturated heterocycles. The lowest BCUT2D eigenvalue weighted by Crippen LogP contribution is -2.50. The molecule has 0 fully saturated rings. The summed E-state index contributed by atoms with van der Waals surface area (Å²) in [5.74, 6) is 0. The molecule has 0 radical (unpaired) electrons. The molecule has 1 aromatic carbocycles. The van der Waals surface area contributed by atoms with Crippen molar-refractivity contribution in [1.82, 2.24) is 4.72 Å². The van der Waals surface area contributed by atoms with Gasteiger partial charge in [0.1, 0.15) is 4.75 Å². The minimum atomic E-state index is -4.41. The summed E-state index contributed by atoms with van der Waals surface area (Å²) in [4.78, 5) is 0. The standard InChI is InChI=1S/C15H23F3N2OS/c1-13(2,3)22(21)20-14(4,8-9-19)11-6-5-7-12(10-11)15(16,17)18/h5-7,10,20H,8-9,19H2,1-4H3. The zero-order valence-corrected chi connectivity index (χ0v) is 14.1. The van der Waals surface area contributed by atoms with E-state index in [-0.39, 0.29) is 6.54 Å².